The summed E-state index contributed by atoms with van der Waals surface area (Å²) in [5.74, 6) is -0.312. The molecule has 1 aliphatic rings. The number of nitriles is 1. The second kappa shape index (κ2) is 9.07. The van der Waals surface area contributed by atoms with Crippen molar-refractivity contribution < 1.29 is 4.39 Å². The van der Waals surface area contributed by atoms with Gasteiger partial charge in [0.2, 0.25) is 0 Å². The van der Waals surface area contributed by atoms with Crippen LogP contribution in [0.4, 0.5) is 20.9 Å². The molecule has 34 heavy (non-hydrogen) atoms. The Labute approximate surface area is 202 Å². The SMILES string of the molecule is CCc1nn2cc(C)c(N3CCCCC3)cc2c1N(C)c1nc(-c2ccc(F)cc2)c(C#N)s1. The first-order valence-corrected chi connectivity index (χ1v) is 12.5. The monoisotopic (exact) mass is 474 g/mol. The first-order valence-electron chi connectivity index (χ1n) is 11.7. The molecule has 4 heterocycles. The second-order valence-corrected chi connectivity index (χ2v) is 9.70. The summed E-state index contributed by atoms with van der Waals surface area (Å²) < 4.78 is 15.4. The molecule has 6 nitrogen and oxygen atoms in total. The number of piperidine rings is 1. The van der Waals surface area contributed by atoms with Gasteiger partial charge in [-0.3, -0.25) is 0 Å². The summed E-state index contributed by atoms with van der Waals surface area (Å²) in [5, 5.41) is 15.3. The van der Waals surface area contributed by atoms with E-state index >= 15 is 0 Å². The Morgan fingerprint density at radius 3 is 2.59 bits per heavy atom. The molecule has 5 rings (SSSR count). The Morgan fingerprint density at radius 2 is 1.91 bits per heavy atom. The first kappa shape index (κ1) is 22.4. The van der Waals surface area contributed by atoms with Gasteiger partial charge >= 0.3 is 0 Å². The van der Waals surface area contributed by atoms with Gasteiger partial charge in [0.1, 0.15) is 22.5 Å². The van der Waals surface area contributed by atoms with E-state index in [9.17, 15) is 9.65 Å². The highest BCUT2D eigenvalue weighted by atomic mass is 32.1. The number of nitrogens with zero attached hydrogens (tertiary/aromatic N) is 6. The highest BCUT2D eigenvalue weighted by Gasteiger charge is 2.23. The van der Waals surface area contributed by atoms with Crippen molar-refractivity contribution in [3.05, 3.63) is 58.5 Å². The van der Waals surface area contributed by atoms with E-state index in [0.717, 1.165) is 42.0 Å². The van der Waals surface area contributed by atoms with Crippen molar-refractivity contribution in [2.45, 2.75) is 39.5 Å². The largest absolute Gasteiger partial charge is 0.371 e. The number of halogens is 1. The van der Waals surface area contributed by atoms with Gasteiger partial charge in [-0.05, 0) is 68.5 Å². The fourth-order valence-electron chi connectivity index (χ4n) is 4.72. The average Bonchev–Trinajstić information content (AvgIpc) is 3.45. The number of anilines is 3. The van der Waals surface area contributed by atoms with Crippen molar-refractivity contribution in [3.8, 4) is 17.3 Å². The van der Waals surface area contributed by atoms with Crippen LogP contribution in [0.5, 0.6) is 0 Å². The molecule has 0 saturated carbocycles. The van der Waals surface area contributed by atoms with Gasteiger partial charge in [-0.2, -0.15) is 10.4 Å². The van der Waals surface area contributed by atoms with E-state index in [1.54, 1.807) is 12.1 Å². The lowest BCUT2D eigenvalue weighted by molar-refractivity contribution is 0.577. The zero-order valence-electron chi connectivity index (χ0n) is 19.7. The molecule has 0 unspecified atom stereocenters. The number of thiazole rings is 1. The van der Waals surface area contributed by atoms with Crippen LogP contribution in [0.3, 0.4) is 0 Å². The molecule has 4 aromatic rings. The summed E-state index contributed by atoms with van der Waals surface area (Å²) in [4.78, 5) is 9.82. The van der Waals surface area contributed by atoms with E-state index in [4.69, 9.17) is 10.1 Å². The Balaban J connectivity index is 1.61. The molecule has 0 aliphatic carbocycles. The fraction of sp³-hybridized carbons (Fsp3) is 0.346. The van der Waals surface area contributed by atoms with Gasteiger partial charge in [-0.25, -0.2) is 13.9 Å². The number of pyridine rings is 1. The molecule has 0 amide bonds. The molecular formula is C26H27FN6S. The third-order valence-corrected chi connectivity index (χ3v) is 7.51. The average molecular weight is 475 g/mol. The van der Waals surface area contributed by atoms with Crippen LogP contribution in [0.1, 0.15) is 42.3 Å². The molecule has 0 bridgehead atoms. The second-order valence-electron chi connectivity index (χ2n) is 8.72. The van der Waals surface area contributed by atoms with E-state index in [2.05, 4.69) is 37.1 Å². The number of benzene rings is 1. The molecule has 1 fully saturated rings. The van der Waals surface area contributed by atoms with Gasteiger partial charge in [0, 0.05) is 37.6 Å². The molecule has 3 aromatic heterocycles. The van der Waals surface area contributed by atoms with Crippen LogP contribution in [-0.4, -0.2) is 34.7 Å². The summed E-state index contributed by atoms with van der Waals surface area (Å²) in [6.07, 6.45) is 6.63. The highest BCUT2D eigenvalue weighted by molar-refractivity contribution is 7.16. The van der Waals surface area contributed by atoms with E-state index in [1.165, 1.54) is 54.0 Å². The zero-order chi connectivity index (χ0) is 23.8. The van der Waals surface area contributed by atoms with Gasteiger partial charge in [-0.15, -0.1) is 0 Å². The van der Waals surface area contributed by atoms with E-state index in [1.807, 2.05) is 16.5 Å². The Kier molecular flexibility index (Phi) is 5.96. The Bertz CT molecular complexity index is 1380. The van der Waals surface area contributed by atoms with Gasteiger partial charge in [0.05, 0.1) is 16.9 Å². The standard InChI is InChI=1S/C26H27FN6S/c1-4-20-25(22-14-21(17(2)16-33(22)30-20)32-12-6-5-7-13-32)31(3)26-29-24(23(15-28)34-26)18-8-10-19(27)11-9-18/h8-11,14,16H,4-7,12-13H2,1-3H3. The van der Waals surface area contributed by atoms with E-state index < -0.39 is 0 Å². The predicted octanol–water partition coefficient (Wildman–Crippen LogP) is 6.10. The van der Waals surface area contributed by atoms with Crippen molar-refractivity contribution in [1.29, 1.82) is 5.26 Å². The quantitative estimate of drug-likeness (QED) is 0.350. The van der Waals surface area contributed by atoms with Gasteiger partial charge < -0.3 is 9.80 Å². The minimum Gasteiger partial charge on any atom is -0.371 e. The molecule has 1 aromatic carbocycles. The maximum atomic E-state index is 13.4. The number of rotatable bonds is 5. The maximum Gasteiger partial charge on any atom is 0.191 e. The molecule has 0 atom stereocenters. The van der Waals surface area contributed by atoms with Crippen molar-refractivity contribution in [3.63, 3.8) is 0 Å². The van der Waals surface area contributed by atoms with Gasteiger partial charge in [0.15, 0.2) is 5.13 Å². The fourth-order valence-corrected chi connectivity index (χ4v) is 5.57. The number of fused-ring (bicyclic) bond motifs is 1. The predicted molar refractivity (Wildman–Crippen MR) is 136 cm³/mol. The van der Waals surface area contributed by atoms with Gasteiger partial charge in [0.25, 0.3) is 0 Å². The number of hydrogen-bond donors (Lipinski definition) is 0. The van der Waals surface area contributed by atoms with Crippen LogP contribution >= 0.6 is 11.3 Å². The summed E-state index contributed by atoms with van der Waals surface area (Å²) in [6, 6.07) is 10.6. The van der Waals surface area contributed by atoms with Crippen LogP contribution in [0.2, 0.25) is 0 Å². The molecule has 0 radical (unpaired) electrons. The van der Waals surface area contributed by atoms with E-state index in [0.29, 0.717) is 15.7 Å². The normalized spacial score (nSPS) is 13.9. The molecular weight excluding hydrogens is 447 g/mol. The van der Waals surface area contributed by atoms with Crippen LogP contribution in [0.15, 0.2) is 36.5 Å². The molecule has 0 spiro atoms. The van der Waals surface area contributed by atoms with Crippen molar-refractivity contribution in [2.75, 3.05) is 29.9 Å². The summed E-state index contributed by atoms with van der Waals surface area (Å²) in [5.41, 5.74) is 6.80. The highest BCUT2D eigenvalue weighted by Crippen LogP contribution is 2.39. The van der Waals surface area contributed by atoms with Crippen molar-refractivity contribution in [2.24, 2.45) is 0 Å². The van der Waals surface area contributed by atoms with E-state index in [-0.39, 0.29) is 5.82 Å². The molecule has 1 saturated heterocycles. The maximum absolute atomic E-state index is 13.4. The minimum atomic E-state index is -0.312. The third-order valence-electron chi connectivity index (χ3n) is 6.47. The summed E-state index contributed by atoms with van der Waals surface area (Å²) in [7, 11) is 1.98. The zero-order valence-corrected chi connectivity index (χ0v) is 20.5. The topological polar surface area (TPSA) is 60.5 Å². The van der Waals surface area contributed by atoms with Crippen molar-refractivity contribution >= 4 is 33.4 Å². The van der Waals surface area contributed by atoms with Crippen LogP contribution < -0.4 is 9.80 Å². The first-order chi connectivity index (χ1) is 16.5. The van der Waals surface area contributed by atoms with Crippen LogP contribution in [0, 0.1) is 24.1 Å². The van der Waals surface area contributed by atoms with Crippen LogP contribution in [-0.2, 0) is 6.42 Å². The Hall–Kier alpha value is -3.44. The Morgan fingerprint density at radius 1 is 1.18 bits per heavy atom. The number of hydrogen-bond acceptors (Lipinski definition) is 6. The lowest BCUT2D eigenvalue weighted by Gasteiger charge is -2.30. The lowest BCUT2D eigenvalue weighted by atomic mass is 10.1. The summed E-state index contributed by atoms with van der Waals surface area (Å²) >= 11 is 1.34. The smallest absolute Gasteiger partial charge is 0.191 e. The molecule has 1 aliphatic heterocycles. The van der Waals surface area contributed by atoms with Crippen LogP contribution in [0.25, 0.3) is 16.8 Å². The lowest BCUT2D eigenvalue weighted by Crippen LogP contribution is -2.30. The minimum absolute atomic E-state index is 0.312. The summed E-state index contributed by atoms with van der Waals surface area (Å²) in [6.45, 7) is 6.41. The van der Waals surface area contributed by atoms with Crippen molar-refractivity contribution in [1.82, 2.24) is 14.6 Å². The molecule has 8 heteroatoms. The third kappa shape index (κ3) is 3.90. The van der Waals surface area contributed by atoms with Gasteiger partial charge in [-0.1, -0.05) is 18.3 Å². The molecule has 174 valence electrons. The number of aromatic nitrogens is 3. The molecule has 0 N–H and O–H groups in total. The number of aryl methyl sites for hydroxylation is 2.